The van der Waals surface area contributed by atoms with Crippen LogP contribution in [0.15, 0.2) is 54.6 Å². The Bertz CT molecular complexity index is 478. The van der Waals surface area contributed by atoms with Crippen LogP contribution in [-0.2, 0) is 11.3 Å². The van der Waals surface area contributed by atoms with Gasteiger partial charge >= 0.3 is 0 Å². The van der Waals surface area contributed by atoms with Gasteiger partial charge < -0.3 is 15.2 Å². The van der Waals surface area contributed by atoms with Crippen molar-refractivity contribution in [3.8, 4) is 5.75 Å². The standard InChI is InChI=1S/C16H19NO2/c1-18-16(11-17)14-7-9-15(10-8-14)19-12-13-5-3-2-4-6-13/h2-10,16H,11-12,17H2,1H3. The van der Waals surface area contributed by atoms with Gasteiger partial charge in [0.1, 0.15) is 12.4 Å². The monoisotopic (exact) mass is 257 g/mol. The first-order valence-corrected chi connectivity index (χ1v) is 6.33. The molecule has 2 rings (SSSR count). The van der Waals surface area contributed by atoms with Crippen molar-refractivity contribution < 1.29 is 9.47 Å². The normalized spacial score (nSPS) is 12.1. The number of nitrogens with two attached hydrogens (primary N) is 1. The Morgan fingerprint density at radius 3 is 2.26 bits per heavy atom. The van der Waals surface area contributed by atoms with E-state index >= 15 is 0 Å². The highest BCUT2D eigenvalue weighted by Crippen LogP contribution is 2.20. The first-order valence-electron chi connectivity index (χ1n) is 6.33. The maximum atomic E-state index is 5.72. The lowest BCUT2D eigenvalue weighted by atomic mass is 10.1. The third-order valence-corrected chi connectivity index (χ3v) is 3.00. The van der Waals surface area contributed by atoms with Crippen LogP contribution < -0.4 is 10.5 Å². The Kier molecular flexibility index (Phi) is 4.95. The van der Waals surface area contributed by atoms with Crippen LogP contribution in [0.25, 0.3) is 0 Å². The molecule has 0 amide bonds. The zero-order valence-electron chi connectivity index (χ0n) is 11.1. The van der Waals surface area contributed by atoms with Crippen LogP contribution >= 0.6 is 0 Å². The van der Waals surface area contributed by atoms with E-state index in [1.54, 1.807) is 7.11 Å². The molecule has 2 aromatic carbocycles. The van der Waals surface area contributed by atoms with Crippen molar-refractivity contribution in [2.75, 3.05) is 13.7 Å². The summed E-state index contributed by atoms with van der Waals surface area (Å²) >= 11 is 0. The molecule has 0 aliphatic carbocycles. The van der Waals surface area contributed by atoms with Gasteiger partial charge in [0.15, 0.2) is 0 Å². The summed E-state index contributed by atoms with van der Waals surface area (Å²) < 4.78 is 11.0. The first kappa shape index (κ1) is 13.6. The highest BCUT2D eigenvalue weighted by atomic mass is 16.5. The van der Waals surface area contributed by atoms with Crippen LogP contribution in [0.3, 0.4) is 0 Å². The molecule has 0 heterocycles. The second-order valence-corrected chi connectivity index (χ2v) is 4.30. The van der Waals surface area contributed by atoms with Crippen molar-refractivity contribution in [1.29, 1.82) is 0 Å². The molecule has 0 aromatic heterocycles. The Hall–Kier alpha value is -1.84. The summed E-state index contributed by atoms with van der Waals surface area (Å²) in [6.45, 7) is 1.05. The molecule has 0 fully saturated rings. The molecular formula is C16H19NO2. The van der Waals surface area contributed by atoms with Gasteiger partial charge in [-0.1, -0.05) is 42.5 Å². The van der Waals surface area contributed by atoms with E-state index in [4.69, 9.17) is 15.2 Å². The molecule has 0 aliphatic rings. The van der Waals surface area contributed by atoms with E-state index in [0.29, 0.717) is 13.2 Å². The molecule has 2 aromatic rings. The average Bonchev–Trinajstić information content (AvgIpc) is 2.49. The lowest BCUT2D eigenvalue weighted by molar-refractivity contribution is 0.110. The van der Waals surface area contributed by atoms with E-state index in [1.807, 2.05) is 54.6 Å². The molecular weight excluding hydrogens is 238 g/mol. The van der Waals surface area contributed by atoms with E-state index in [2.05, 4.69) is 0 Å². The molecule has 3 nitrogen and oxygen atoms in total. The quantitative estimate of drug-likeness (QED) is 0.865. The summed E-state index contributed by atoms with van der Waals surface area (Å²) in [6, 6.07) is 18.0. The van der Waals surface area contributed by atoms with Gasteiger partial charge in [-0.15, -0.1) is 0 Å². The maximum absolute atomic E-state index is 5.72. The van der Waals surface area contributed by atoms with Gasteiger partial charge in [-0.25, -0.2) is 0 Å². The van der Waals surface area contributed by atoms with Crippen LogP contribution in [0.5, 0.6) is 5.75 Å². The lowest BCUT2D eigenvalue weighted by Crippen LogP contribution is -2.13. The van der Waals surface area contributed by atoms with Crippen molar-refractivity contribution in [2.24, 2.45) is 5.73 Å². The van der Waals surface area contributed by atoms with Crippen LogP contribution in [-0.4, -0.2) is 13.7 Å². The molecule has 0 bridgehead atoms. The summed E-state index contributed by atoms with van der Waals surface area (Å²) in [5, 5.41) is 0. The zero-order chi connectivity index (χ0) is 13.5. The van der Waals surface area contributed by atoms with Gasteiger partial charge in [0.2, 0.25) is 0 Å². The van der Waals surface area contributed by atoms with Crippen molar-refractivity contribution in [3.05, 3.63) is 65.7 Å². The third-order valence-electron chi connectivity index (χ3n) is 3.00. The number of rotatable bonds is 6. The highest BCUT2D eigenvalue weighted by Gasteiger charge is 2.07. The Morgan fingerprint density at radius 1 is 1.00 bits per heavy atom. The molecule has 2 N–H and O–H groups in total. The molecule has 0 radical (unpaired) electrons. The molecule has 3 heteroatoms. The highest BCUT2D eigenvalue weighted by molar-refractivity contribution is 5.29. The minimum atomic E-state index is -0.0526. The van der Waals surface area contributed by atoms with Crippen molar-refractivity contribution in [1.82, 2.24) is 0 Å². The first-order chi connectivity index (χ1) is 9.33. The fourth-order valence-electron chi connectivity index (χ4n) is 1.89. The Morgan fingerprint density at radius 2 is 1.68 bits per heavy atom. The molecule has 0 spiro atoms. The second kappa shape index (κ2) is 6.92. The summed E-state index contributed by atoms with van der Waals surface area (Å²) in [6.07, 6.45) is -0.0526. The fourth-order valence-corrected chi connectivity index (χ4v) is 1.89. The van der Waals surface area contributed by atoms with E-state index in [-0.39, 0.29) is 6.10 Å². The molecule has 19 heavy (non-hydrogen) atoms. The average molecular weight is 257 g/mol. The molecule has 1 unspecified atom stereocenters. The van der Waals surface area contributed by atoms with Gasteiger partial charge in [-0.05, 0) is 23.3 Å². The van der Waals surface area contributed by atoms with Gasteiger partial charge in [0.25, 0.3) is 0 Å². The molecule has 1 atom stereocenters. The lowest BCUT2D eigenvalue weighted by Gasteiger charge is -2.14. The summed E-state index contributed by atoms with van der Waals surface area (Å²) in [4.78, 5) is 0. The SMILES string of the molecule is COC(CN)c1ccc(OCc2ccccc2)cc1. The predicted octanol–water partition coefficient (Wildman–Crippen LogP) is 2.91. The van der Waals surface area contributed by atoms with Crippen LogP contribution in [0.1, 0.15) is 17.2 Å². The smallest absolute Gasteiger partial charge is 0.119 e. The van der Waals surface area contributed by atoms with Crippen LogP contribution in [0.2, 0.25) is 0 Å². The van der Waals surface area contributed by atoms with Crippen LogP contribution in [0, 0.1) is 0 Å². The molecule has 0 saturated heterocycles. The summed E-state index contributed by atoms with van der Waals surface area (Å²) in [7, 11) is 1.66. The van der Waals surface area contributed by atoms with E-state index in [9.17, 15) is 0 Å². The topological polar surface area (TPSA) is 44.5 Å². The van der Waals surface area contributed by atoms with E-state index < -0.39 is 0 Å². The van der Waals surface area contributed by atoms with Crippen molar-refractivity contribution in [3.63, 3.8) is 0 Å². The number of benzene rings is 2. The Labute approximate surface area is 114 Å². The van der Waals surface area contributed by atoms with E-state index in [0.717, 1.165) is 16.9 Å². The third kappa shape index (κ3) is 3.81. The van der Waals surface area contributed by atoms with Gasteiger partial charge in [0.05, 0.1) is 6.10 Å². The van der Waals surface area contributed by atoms with Crippen molar-refractivity contribution in [2.45, 2.75) is 12.7 Å². The number of hydrogen-bond donors (Lipinski definition) is 1. The second-order valence-electron chi connectivity index (χ2n) is 4.30. The minimum Gasteiger partial charge on any atom is -0.489 e. The van der Waals surface area contributed by atoms with Gasteiger partial charge in [-0.3, -0.25) is 0 Å². The van der Waals surface area contributed by atoms with Crippen molar-refractivity contribution >= 4 is 0 Å². The zero-order valence-corrected chi connectivity index (χ0v) is 11.1. The van der Waals surface area contributed by atoms with Gasteiger partial charge in [0, 0.05) is 13.7 Å². The predicted molar refractivity (Wildman–Crippen MR) is 76.0 cm³/mol. The fraction of sp³-hybridized carbons (Fsp3) is 0.250. The molecule has 0 aliphatic heterocycles. The number of methoxy groups -OCH3 is 1. The maximum Gasteiger partial charge on any atom is 0.119 e. The van der Waals surface area contributed by atoms with E-state index in [1.165, 1.54) is 0 Å². The Balaban J connectivity index is 1.95. The van der Waals surface area contributed by atoms with Gasteiger partial charge in [-0.2, -0.15) is 0 Å². The largest absolute Gasteiger partial charge is 0.489 e. The summed E-state index contributed by atoms with van der Waals surface area (Å²) in [5.74, 6) is 0.847. The number of ether oxygens (including phenoxy) is 2. The van der Waals surface area contributed by atoms with Crippen LogP contribution in [0.4, 0.5) is 0 Å². The minimum absolute atomic E-state index is 0.0526. The molecule has 0 saturated carbocycles. The summed E-state index contributed by atoms with van der Waals surface area (Å²) in [5.41, 5.74) is 7.85. The number of hydrogen-bond acceptors (Lipinski definition) is 3. The molecule has 100 valence electrons.